The van der Waals surface area contributed by atoms with Gasteiger partial charge in [-0.1, -0.05) is 23.7 Å². The summed E-state index contributed by atoms with van der Waals surface area (Å²) in [6, 6.07) is 11.0. The molecule has 0 fully saturated rings. The number of ether oxygens (including phenoxy) is 1. The second-order valence-electron chi connectivity index (χ2n) is 5.09. The maximum absolute atomic E-state index is 12.6. The third-order valence-electron chi connectivity index (χ3n) is 3.77. The van der Waals surface area contributed by atoms with Crippen molar-refractivity contribution in [1.82, 2.24) is 5.32 Å². The van der Waals surface area contributed by atoms with Gasteiger partial charge >= 0.3 is 0 Å². The molecule has 1 N–H and O–H groups in total. The predicted molar refractivity (Wildman–Crippen MR) is 83.3 cm³/mol. The topological polar surface area (TPSA) is 38.3 Å². The summed E-state index contributed by atoms with van der Waals surface area (Å²) in [6.45, 7) is 1.81. The molecule has 0 saturated carbocycles. The van der Waals surface area contributed by atoms with Crippen LogP contribution in [0.3, 0.4) is 0 Å². The lowest BCUT2D eigenvalue weighted by atomic mass is 9.95. The van der Waals surface area contributed by atoms with Crippen LogP contribution >= 0.6 is 11.6 Å². The van der Waals surface area contributed by atoms with Gasteiger partial charge in [-0.25, -0.2) is 0 Å². The van der Waals surface area contributed by atoms with Crippen molar-refractivity contribution in [2.24, 2.45) is 0 Å². The number of halogens is 1. The Hall–Kier alpha value is -1.84. The van der Waals surface area contributed by atoms with Crippen LogP contribution in [0.4, 0.5) is 0 Å². The summed E-state index contributed by atoms with van der Waals surface area (Å²) in [5.41, 5.74) is 3.80. The molecule has 0 atom stereocenters. The fraction of sp³-hybridized carbons (Fsp3) is 0.235. The number of hydrogen-bond acceptors (Lipinski definition) is 3. The van der Waals surface area contributed by atoms with Crippen molar-refractivity contribution in [3.05, 3.63) is 63.7 Å². The van der Waals surface area contributed by atoms with Gasteiger partial charge in [0, 0.05) is 17.7 Å². The zero-order valence-electron chi connectivity index (χ0n) is 11.8. The van der Waals surface area contributed by atoms with Crippen molar-refractivity contribution < 1.29 is 9.53 Å². The van der Waals surface area contributed by atoms with Crippen LogP contribution < -0.4 is 10.1 Å². The van der Waals surface area contributed by atoms with E-state index in [1.807, 2.05) is 12.1 Å². The van der Waals surface area contributed by atoms with Crippen LogP contribution in [-0.2, 0) is 13.0 Å². The molecule has 3 nitrogen and oxygen atoms in total. The van der Waals surface area contributed by atoms with Crippen molar-refractivity contribution in [2.45, 2.75) is 13.0 Å². The third kappa shape index (κ3) is 2.80. The van der Waals surface area contributed by atoms with Crippen LogP contribution in [0.25, 0.3) is 0 Å². The first-order chi connectivity index (χ1) is 10.2. The summed E-state index contributed by atoms with van der Waals surface area (Å²) in [4.78, 5) is 12.6. The Morgan fingerprint density at radius 2 is 1.90 bits per heavy atom. The molecule has 0 spiro atoms. The Bertz CT molecular complexity index is 697. The first-order valence-corrected chi connectivity index (χ1v) is 7.27. The number of nitrogens with one attached hydrogen (secondary N) is 1. The quantitative estimate of drug-likeness (QED) is 0.885. The summed E-state index contributed by atoms with van der Waals surface area (Å²) in [5, 5.41) is 3.83. The van der Waals surface area contributed by atoms with E-state index in [1.165, 1.54) is 11.1 Å². The highest BCUT2D eigenvalue weighted by Gasteiger charge is 2.15. The number of fused-ring (bicyclic) bond motifs is 1. The molecule has 0 bridgehead atoms. The Morgan fingerprint density at radius 1 is 1.14 bits per heavy atom. The first kappa shape index (κ1) is 14.1. The lowest BCUT2D eigenvalue weighted by molar-refractivity contribution is 0.103. The van der Waals surface area contributed by atoms with Crippen LogP contribution in [0.1, 0.15) is 27.0 Å². The molecule has 21 heavy (non-hydrogen) atoms. The standard InChI is InChI=1S/C17H16ClNO2/c1-21-16-9-13(4-5-15(16)18)17(20)12-3-2-11-6-7-19-10-14(11)8-12/h2-5,8-9,19H,6-7,10H2,1H3. The zero-order chi connectivity index (χ0) is 14.8. The normalized spacial score (nSPS) is 13.6. The number of methoxy groups -OCH3 is 1. The molecule has 1 aliphatic heterocycles. The summed E-state index contributed by atoms with van der Waals surface area (Å²) < 4.78 is 5.17. The second-order valence-corrected chi connectivity index (χ2v) is 5.50. The van der Waals surface area contributed by atoms with Crippen molar-refractivity contribution in [2.75, 3.05) is 13.7 Å². The van der Waals surface area contributed by atoms with Crippen molar-refractivity contribution in [1.29, 1.82) is 0 Å². The highest BCUT2D eigenvalue weighted by molar-refractivity contribution is 6.32. The number of benzene rings is 2. The number of ketones is 1. The lowest BCUT2D eigenvalue weighted by Gasteiger charge is -2.17. The van der Waals surface area contributed by atoms with Gasteiger partial charge in [-0.2, -0.15) is 0 Å². The predicted octanol–water partition coefficient (Wildman–Crippen LogP) is 3.23. The number of carbonyl (C=O) groups is 1. The van der Waals surface area contributed by atoms with Crippen LogP contribution in [0.5, 0.6) is 5.75 Å². The minimum atomic E-state index is -0.0154. The summed E-state index contributed by atoms with van der Waals surface area (Å²) in [7, 11) is 1.54. The maximum atomic E-state index is 12.6. The number of hydrogen-bond donors (Lipinski definition) is 1. The average Bonchev–Trinajstić information content (AvgIpc) is 2.54. The zero-order valence-corrected chi connectivity index (χ0v) is 12.5. The van der Waals surface area contributed by atoms with Crippen molar-refractivity contribution in [3.63, 3.8) is 0 Å². The fourth-order valence-corrected chi connectivity index (χ4v) is 2.78. The highest BCUT2D eigenvalue weighted by Crippen LogP contribution is 2.26. The molecule has 2 aromatic carbocycles. The van der Waals surface area contributed by atoms with E-state index in [0.717, 1.165) is 19.5 Å². The molecule has 0 unspecified atom stereocenters. The van der Waals surface area contributed by atoms with Gasteiger partial charge in [0.1, 0.15) is 5.75 Å². The van der Waals surface area contributed by atoms with Gasteiger partial charge in [-0.15, -0.1) is 0 Å². The molecule has 1 heterocycles. The molecule has 4 heteroatoms. The van der Waals surface area contributed by atoms with Crippen LogP contribution in [0, 0.1) is 0 Å². The van der Waals surface area contributed by atoms with E-state index in [1.54, 1.807) is 25.3 Å². The SMILES string of the molecule is COc1cc(C(=O)c2ccc3c(c2)CNCC3)ccc1Cl. The van der Waals surface area contributed by atoms with Crippen LogP contribution in [-0.4, -0.2) is 19.4 Å². The third-order valence-corrected chi connectivity index (χ3v) is 4.08. The molecular formula is C17H16ClNO2. The molecule has 3 rings (SSSR count). The van der Waals surface area contributed by atoms with E-state index in [2.05, 4.69) is 11.4 Å². The molecule has 0 aliphatic carbocycles. The van der Waals surface area contributed by atoms with E-state index < -0.39 is 0 Å². The van der Waals surface area contributed by atoms with Crippen LogP contribution in [0.2, 0.25) is 5.02 Å². The lowest BCUT2D eigenvalue weighted by Crippen LogP contribution is -2.23. The fourth-order valence-electron chi connectivity index (χ4n) is 2.59. The van der Waals surface area contributed by atoms with E-state index in [4.69, 9.17) is 16.3 Å². The van der Waals surface area contributed by atoms with Gasteiger partial charge in [0.15, 0.2) is 5.78 Å². The molecule has 1 aliphatic rings. The minimum absolute atomic E-state index is 0.0154. The Morgan fingerprint density at radius 3 is 2.71 bits per heavy atom. The molecule has 0 aromatic heterocycles. The largest absolute Gasteiger partial charge is 0.495 e. The van der Waals surface area contributed by atoms with Gasteiger partial charge in [-0.05, 0) is 48.4 Å². The van der Waals surface area contributed by atoms with Gasteiger partial charge in [0.2, 0.25) is 0 Å². The molecule has 0 amide bonds. The smallest absolute Gasteiger partial charge is 0.193 e. The highest BCUT2D eigenvalue weighted by atomic mass is 35.5. The van der Waals surface area contributed by atoms with E-state index in [0.29, 0.717) is 21.9 Å². The average molecular weight is 302 g/mol. The molecule has 2 aromatic rings. The van der Waals surface area contributed by atoms with Gasteiger partial charge in [0.25, 0.3) is 0 Å². The van der Waals surface area contributed by atoms with Crippen LogP contribution in [0.15, 0.2) is 36.4 Å². The summed E-state index contributed by atoms with van der Waals surface area (Å²) in [6.07, 6.45) is 1.01. The van der Waals surface area contributed by atoms with Crippen molar-refractivity contribution >= 4 is 17.4 Å². The summed E-state index contributed by atoms with van der Waals surface area (Å²) >= 11 is 6.00. The number of carbonyl (C=O) groups excluding carboxylic acids is 1. The molecule has 0 saturated heterocycles. The van der Waals surface area contributed by atoms with E-state index >= 15 is 0 Å². The second kappa shape index (κ2) is 5.88. The van der Waals surface area contributed by atoms with Gasteiger partial charge in [-0.3, -0.25) is 4.79 Å². The molecular weight excluding hydrogens is 286 g/mol. The van der Waals surface area contributed by atoms with E-state index in [-0.39, 0.29) is 5.78 Å². The Kier molecular flexibility index (Phi) is 3.95. The van der Waals surface area contributed by atoms with Gasteiger partial charge in [0.05, 0.1) is 12.1 Å². The van der Waals surface area contributed by atoms with E-state index in [9.17, 15) is 4.79 Å². The minimum Gasteiger partial charge on any atom is -0.495 e. The first-order valence-electron chi connectivity index (χ1n) is 6.90. The van der Waals surface area contributed by atoms with Crippen molar-refractivity contribution in [3.8, 4) is 5.75 Å². The monoisotopic (exact) mass is 301 g/mol. The van der Waals surface area contributed by atoms with Gasteiger partial charge < -0.3 is 10.1 Å². The molecule has 108 valence electrons. The number of rotatable bonds is 3. The maximum Gasteiger partial charge on any atom is 0.193 e. The summed E-state index contributed by atoms with van der Waals surface area (Å²) in [5.74, 6) is 0.500. The Labute approximate surface area is 128 Å². The Balaban J connectivity index is 1.95. The molecule has 0 radical (unpaired) electrons.